The van der Waals surface area contributed by atoms with E-state index < -0.39 is 62.1 Å². The first-order valence-corrected chi connectivity index (χ1v) is 14.7. The topological polar surface area (TPSA) is 111 Å². The van der Waals surface area contributed by atoms with Crippen LogP contribution >= 0.6 is 7.82 Å². The quantitative estimate of drug-likeness (QED) is 0.229. The number of rotatable bonds is 16. The number of methoxy groups -OCH3 is 2. The van der Waals surface area contributed by atoms with Crippen molar-refractivity contribution in [3.63, 3.8) is 0 Å². The van der Waals surface area contributed by atoms with E-state index in [1.54, 1.807) is 0 Å². The van der Waals surface area contributed by atoms with Crippen molar-refractivity contribution >= 4 is 23.5 Å². The van der Waals surface area contributed by atoms with Crippen molar-refractivity contribution in [1.82, 2.24) is 0 Å². The van der Waals surface area contributed by atoms with Gasteiger partial charge < -0.3 is 33.3 Å². The number of ether oxygens (including phenoxy) is 6. The molecule has 2 aliphatic rings. The first-order valence-electron chi connectivity index (χ1n) is 13.2. The first kappa shape index (κ1) is 33.2. The molecule has 37 heavy (non-hydrogen) atoms. The highest BCUT2D eigenvalue weighted by molar-refractivity contribution is 7.47. The fourth-order valence-corrected chi connectivity index (χ4v) is 5.38. The minimum atomic E-state index is -4.61. The Morgan fingerprint density at radius 2 is 1.24 bits per heavy atom. The largest absolute Gasteiger partial charge is 0.472 e. The van der Waals surface area contributed by atoms with Crippen molar-refractivity contribution in [3.05, 3.63) is 0 Å². The lowest BCUT2D eigenvalue weighted by Crippen LogP contribution is -2.45. The van der Waals surface area contributed by atoms with Gasteiger partial charge in [-0.05, 0) is 39.5 Å². The highest BCUT2D eigenvalue weighted by atomic mass is 31.2. The van der Waals surface area contributed by atoms with Crippen LogP contribution in [0.1, 0.15) is 67.2 Å². The zero-order valence-corrected chi connectivity index (χ0v) is 24.5. The highest BCUT2D eigenvalue weighted by Crippen LogP contribution is 2.48. The van der Waals surface area contributed by atoms with Crippen LogP contribution in [-0.4, -0.2) is 108 Å². The summed E-state index contributed by atoms with van der Waals surface area (Å²) in [5.74, 6) is 0. The summed E-state index contributed by atoms with van der Waals surface area (Å²) in [6.07, 6.45) is -1.40. The fourth-order valence-electron chi connectivity index (χ4n) is 4.42. The number of phosphoric ester groups is 1. The van der Waals surface area contributed by atoms with Crippen molar-refractivity contribution in [2.75, 3.05) is 27.4 Å². The standard InChI is InChI=1S/C24H45B2O10P/c1-9-23(5,10-2)31-13-15-18(20(30-8)22(26)33-15)36-37(27,28)32-14-16-17(19(29-7)21(25)34-16)35-24(6,11-3)12-4/h15-22H,9-14H2,1-8H3,(H,27,28). The SMILES string of the molecule is [B]C1OC(COP(=O)(O)OC2C(COC(C)(CC)CC)OC([B])C2OC)C(OC(C)(CC)CC)C1OC. The molecule has 9 atom stereocenters. The summed E-state index contributed by atoms with van der Waals surface area (Å²) in [6.45, 7) is 11.9. The van der Waals surface area contributed by atoms with Gasteiger partial charge in [0, 0.05) is 26.2 Å². The van der Waals surface area contributed by atoms with Gasteiger partial charge in [-0.15, -0.1) is 0 Å². The van der Waals surface area contributed by atoms with E-state index in [4.69, 9.17) is 53.2 Å². The van der Waals surface area contributed by atoms with Crippen LogP contribution in [0.4, 0.5) is 0 Å². The third-order valence-corrected chi connectivity index (χ3v) is 8.89. The molecule has 0 aromatic heterocycles. The molecule has 0 bridgehead atoms. The molecule has 0 saturated carbocycles. The second-order valence-electron chi connectivity index (χ2n) is 10.2. The Morgan fingerprint density at radius 3 is 1.70 bits per heavy atom. The normalized spacial score (nSPS) is 34.6. The van der Waals surface area contributed by atoms with Crippen molar-refractivity contribution < 1.29 is 46.9 Å². The van der Waals surface area contributed by atoms with Crippen LogP contribution in [0, 0.1) is 0 Å². The summed E-state index contributed by atoms with van der Waals surface area (Å²) in [4.78, 5) is 10.6. The lowest BCUT2D eigenvalue weighted by Gasteiger charge is -2.35. The van der Waals surface area contributed by atoms with Crippen molar-refractivity contribution in [3.8, 4) is 0 Å². The molecule has 13 heteroatoms. The molecule has 2 heterocycles. The number of phosphoric acid groups is 1. The van der Waals surface area contributed by atoms with E-state index in [1.165, 1.54) is 14.2 Å². The van der Waals surface area contributed by atoms with Gasteiger partial charge in [0.15, 0.2) is 0 Å². The van der Waals surface area contributed by atoms with Gasteiger partial charge in [0.05, 0.1) is 24.4 Å². The molecule has 0 aliphatic carbocycles. The average Bonchev–Trinajstić information content (AvgIpc) is 3.34. The molecule has 0 amide bonds. The lowest BCUT2D eigenvalue weighted by atomic mass is 9.91. The van der Waals surface area contributed by atoms with Crippen LogP contribution in [0.25, 0.3) is 0 Å². The van der Waals surface area contributed by atoms with Gasteiger partial charge in [0.2, 0.25) is 0 Å². The Hall–Kier alpha value is -0.000130. The molecule has 2 saturated heterocycles. The average molecular weight is 546 g/mol. The fraction of sp³-hybridized carbons (Fsp3) is 1.00. The van der Waals surface area contributed by atoms with Gasteiger partial charge in [-0.2, -0.15) is 0 Å². The summed E-state index contributed by atoms with van der Waals surface area (Å²) in [7, 11) is 10.5. The first-order chi connectivity index (χ1) is 17.3. The van der Waals surface area contributed by atoms with Crippen LogP contribution in [0.3, 0.4) is 0 Å². The lowest BCUT2D eigenvalue weighted by molar-refractivity contribution is -0.142. The molecule has 1 N–H and O–H groups in total. The molecule has 212 valence electrons. The molecule has 0 spiro atoms. The van der Waals surface area contributed by atoms with Gasteiger partial charge in [0.25, 0.3) is 0 Å². The number of hydrogen-bond acceptors (Lipinski definition) is 9. The van der Waals surface area contributed by atoms with E-state index in [1.807, 2.05) is 41.5 Å². The Bertz CT molecular complexity index is 738. The molecule has 10 nitrogen and oxygen atoms in total. The summed E-state index contributed by atoms with van der Waals surface area (Å²) >= 11 is 0. The molecular formula is C24H45B2O10P. The molecule has 9 unspecified atom stereocenters. The van der Waals surface area contributed by atoms with Gasteiger partial charge in [-0.1, -0.05) is 27.7 Å². The zero-order chi connectivity index (χ0) is 28.0. The summed E-state index contributed by atoms with van der Waals surface area (Å²) in [6, 6.07) is -1.65. The minimum Gasteiger partial charge on any atom is -0.377 e. The van der Waals surface area contributed by atoms with Crippen LogP contribution in [0.5, 0.6) is 0 Å². The van der Waals surface area contributed by atoms with Crippen LogP contribution in [0.2, 0.25) is 0 Å². The van der Waals surface area contributed by atoms with Crippen LogP contribution < -0.4 is 0 Å². The maximum atomic E-state index is 13.1. The van der Waals surface area contributed by atoms with E-state index >= 15 is 0 Å². The van der Waals surface area contributed by atoms with E-state index in [-0.39, 0.29) is 18.8 Å². The van der Waals surface area contributed by atoms with Gasteiger partial charge >= 0.3 is 7.82 Å². The highest BCUT2D eigenvalue weighted by Gasteiger charge is 2.49. The Labute approximate surface area is 225 Å². The Balaban J connectivity index is 2.10. The van der Waals surface area contributed by atoms with Crippen LogP contribution in [0.15, 0.2) is 0 Å². The molecule has 2 aliphatic heterocycles. The summed E-state index contributed by atoms with van der Waals surface area (Å²) < 4.78 is 58.9. The smallest absolute Gasteiger partial charge is 0.377 e. The molecule has 4 radical (unpaired) electrons. The minimum absolute atomic E-state index is 0.106. The van der Waals surface area contributed by atoms with E-state index in [9.17, 15) is 9.46 Å². The van der Waals surface area contributed by atoms with Gasteiger partial charge in [0.1, 0.15) is 52.3 Å². The van der Waals surface area contributed by atoms with E-state index in [0.29, 0.717) is 0 Å². The molecule has 2 rings (SSSR count). The maximum absolute atomic E-state index is 13.1. The van der Waals surface area contributed by atoms with E-state index in [0.717, 1.165) is 25.7 Å². The Kier molecular flexibility index (Phi) is 12.6. The summed E-state index contributed by atoms with van der Waals surface area (Å²) in [5.41, 5.74) is -0.826. The molecule has 0 aromatic rings. The molecule has 2 fully saturated rings. The van der Waals surface area contributed by atoms with Gasteiger partial charge in [-0.25, -0.2) is 4.57 Å². The maximum Gasteiger partial charge on any atom is 0.472 e. The van der Waals surface area contributed by atoms with Crippen molar-refractivity contribution in [2.45, 2.75) is 127 Å². The predicted octanol–water partition coefficient (Wildman–Crippen LogP) is 2.86. The Morgan fingerprint density at radius 1 is 0.784 bits per heavy atom. The summed E-state index contributed by atoms with van der Waals surface area (Å²) in [5, 5.41) is 0. The van der Waals surface area contributed by atoms with Crippen LogP contribution in [-0.2, 0) is 42.0 Å². The third kappa shape index (κ3) is 8.49. The number of hydrogen-bond donors (Lipinski definition) is 1. The van der Waals surface area contributed by atoms with Gasteiger partial charge in [-0.3, -0.25) is 9.05 Å². The molecular weight excluding hydrogens is 501 g/mol. The van der Waals surface area contributed by atoms with Crippen molar-refractivity contribution in [1.29, 1.82) is 0 Å². The predicted molar refractivity (Wildman–Crippen MR) is 140 cm³/mol. The second-order valence-corrected chi connectivity index (χ2v) is 11.6. The monoisotopic (exact) mass is 546 g/mol. The van der Waals surface area contributed by atoms with E-state index in [2.05, 4.69) is 0 Å². The molecule has 0 aromatic carbocycles. The third-order valence-electron chi connectivity index (χ3n) is 7.90. The second kappa shape index (κ2) is 14.1. The van der Waals surface area contributed by atoms with Crippen molar-refractivity contribution in [2.24, 2.45) is 0 Å². The zero-order valence-electron chi connectivity index (χ0n) is 23.6.